The summed E-state index contributed by atoms with van der Waals surface area (Å²) in [7, 11) is 1.83. The summed E-state index contributed by atoms with van der Waals surface area (Å²) in [6.45, 7) is 11.9. The fourth-order valence-electron chi connectivity index (χ4n) is 2.77. The summed E-state index contributed by atoms with van der Waals surface area (Å²) in [4.78, 5) is 8.95. The molecule has 0 aromatic heterocycles. The molecule has 0 spiro atoms. The normalized spacial score (nSPS) is 16.5. The molecular weight excluding hydrogens is 305 g/mol. The highest BCUT2D eigenvalue weighted by Crippen LogP contribution is 2.16. The Bertz CT molecular complexity index is 527. The number of hydrogen-bond acceptors (Lipinski definition) is 3. The van der Waals surface area contributed by atoms with Gasteiger partial charge in [-0.15, -0.1) is 0 Å². The lowest BCUT2D eigenvalue weighted by Crippen LogP contribution is -2.53. The summed E-state index contributed by atoms with van der Waals surface area (Å²) in [5.74, 6) is 0.760. The summed E-state index contributed by atoms with van der Waals surface area (Å²) >= 11 is 0. The van der Waals surface area contributed by atoms with E-state index in [1.807, 2.05) is 19.2 Å². The highest BCUT2D eigenvalue weighted by molar-refractivity contribution is 5.80. The number of piperazine rings is 1. The maximum Gasteiger partial charge on any atom is 0.193 e. The molecule has 0 aliphatic carbocycles. The molecule has 1 heterocycles. The lowest BCUT2D eigenvalue weighted by atomic mass is 10.1. The third kappa shape index (κ3) is 5.67. The summed E-state index contributed by atoms with van der Waals surface area (Å²) in [6.07, 6.45) is 0. The molecule has 1 aromatic carbocycles. The predicted molar refractivity (Wildman–Crippen MR) is 99.3 cm³/mol. The van der Waals surface area contributed by atoms with E-state index in [0.717, 1.165) is 50.9 Å². The van der Waals surface area contributed by atoms with E-state index < -0.39 is 0 Å². The quantitative estimate of drug-likeness (QED) is 0.501. The minimum absolute atomic E-state index is 0.131. The van der Waals surface area contributed by atoms with Gasteiger partial charge in [0, 0.05) is 57.5 Å². The first-order valence-electron chi connectivity index (χ1n) is 8.60. The van der Waals surface area contributed by atoms with Gasteiger partial charge in [-0.3, -0.25) is 4.99 Å². The Labute approximate surface area is 144 Å². The largest absolute Gasteiger partial charge is 0.368 e. The van der Waals surface area contributed by atoms with Crippen LogP contribution in [0.15, 0.2) is 29.3 Å². The lowest BCUT2D eigenvalue weighted by molar-refractivity contribution is 0.369. The van der Waals surface area contributed by atoms with E-state index in [0.29, 0.717) is 0 Å². The highest BCUT2D eigenvalue weighted by Gasteiger charge is 2.19. The molecule has 6 heteroatoms. The van der Waals surface area contributed by atoms with E-state index in [1.165, 1.54) is 12.1 Å². The van der Waals surface area contributed by atoms with Gasteiger partial charge >= 0.3 is 0 Å². The first kappa shape index (κ1) is 18.5. The van der Waals surface area contributed by atoms with Crippen LogP contribution in [0.3, 0.4) is 0 Å². The number of guanidine groups is 1. The second-order valence-electron chi connectivity index (χ2n) is 7.10. The van der Waals surface area contributed by atoms with E-state index in [2.05, 4.69) is 46.2 Å². The van der Waals surface area contributed by atoms with Crippen LogP contribution >= 0.6 is 0 Å². The van der Waals surface area contributed by atoms with Gasteiger partial charge in [-0.05, 0) is 45.0 Å². The first-order valence-corrected chi connectivity index (χ1v) is 8.60. The number of rotatable bonds is 4. The van der Waals surface area contributed by atoms with Crippen LogP contribution < -0.4 is 15.5 Å². The Morgan fingerprint density at radius 3 is 2.25 bits per heavy atom. The van der Waals surface area contributed by atoms with Crippen LogP contribution in [0.4, 0.5) is 10.1 Å². The molecule has 1 aliphatic heterocycles. The molecule has 2 N–H and O–H groups in total. The van der Waals surface area contributed by atoms with Gasteiger partial charge in [0.25, 0.3) is 0 Å². The standard InChI is InChI=1S/C18H30FN5/c1-18(2,3)22-10-9-21-17(20-4)24-13-11-23(12-14-24)16-7-5-15(19)6-8-16/h5-8,22H,9-14H2,1-4H3,(H,20,21). The highest BCUT2D eigenvalue weighted by atomic mass is 19.1. The Hall–Kier alpha value is -1.82. The molecular formula is C18H30FN5. The molecule has 0 atom stereocenters. The van der Waals surface area contributed by atoms with E-state index >= 15 is 0 Å². The van der Waals surface area contributed by atoms with Gasteiger partial charge in [-0.25, -0.2) is 4.39 Å². The lowest BCUT2D eigenvalue weighted by Gasteiger charge is -2.37. The SMILES string of the molecule is CN=C(NCCNC(C)(C)C)N1CCN(c2ccc(F)cc2)CC1. The minimum atomic E-state index is -0.189. The molecule has 0 unspecified atom stereocenters. The maximum atomic E-state index is 13.0. The van der Waals surface area contributed by atoms with Crippen LogP contribution in [0.5, 0.6) is 0 Å². The van der Waals surface area contributed by atoms with Crippen molar-refractivity contribution in [3.05, 3.63) is 30.1 Å². The van der Waals surface area contributed by atoms with Crippen LogP contribution in [0.2, 0.25) is 0 Å². The van der Waals surface area contributed by atoms with E-state index in [9.17, 15) is 4.39 Å². The van der Waals surface area contributed by atoms with Gasteiger partial charge in [0.2, 0.25) is 0 Å². The van der Waals surface area contributed by atoms with Gasteiger partial charge in [-0.2, -0.15) is 0 Å². The zero-order valence-corrected chi connectivity index (χ0v) is 15.3. The van der Waals surface area contributed by atoms with Crippen molar-refractivity contribution in [2.45, 2.75) is 26.3 Å². The zero-order valence-electron chi connectivity index (χ0n) is 15.3. The smallest absolute Gasteiger partial charge is 0.193 e. The molecule has 24 heavy (non-hydrogen) atoms. The molecule has 1 saturated heterocycles. The first-order chi connectivity index (χ1) is 11.4. The molecule has 1 aromatic rings. The minimum Gasteiger partial charge on any atom is -0.368 e. The Balaban J connectivity index is 1.78. The fraction of sp³-hybridized carbons (Fsp3) is 0.611. The fourth-order valence-corrected chi connectivity index (χ4v) is 2.77. The van der Waals surface area contributed by atoms with Crippen molar-refractivity contribution in [1.29, 1.82) is 0 Å². The van der Waals surface area contributed by atoms with E-state index in [-0.39, 0.29) is 11.4 Å². The second-order valence-corrected chi connectivity index (χ2v) is 7.10. The molecule has 0 radical (unpaired) electrons. The number of halogens is 1. The molecule has 1 fully saturated rings. The van der Waals surface area contributed by atoms with Gasteiger partial charge in [0.1, 0.15) is 5.82 Å². The molecule has 0 saturated carbocycles. The number of aliphatic imine (C=N–C) groups is 1. The monoisotopic (exact) mass is 335 g/mol. The third-order valence-electron chi connectivity index (χ3n) is 4.05. The van der Waals surface area contributed by atoms with Crippen molar-refractivity contribution in [2.75, 3.05) is 51.2 Å². The van der Waals surface area contributed by atoms with Gasteiger partial charge in [0.05, 0.1) is 0 Å². The molecule has 0 amide bonds. The second kappa shape index (κ2) is 8.33. The van der Waals surface area contributed by atoms with E-state index in [1.54, 1.807) is 0 Å². The molecule has 134 valence electrons. The molecule has 2 rings (SSSR count). The van der Waals surface area contributed by atoms with Gasteiger partial charge in [-0.1, -0.05) is 0 Å². The van der Waals surface area contributed by atoms with Crippen LogP contribution in [-0.2, 0) is 0 Å². The van der Waals surface area contributed by atoms with E-state index in [4.69, 9.17) is 0 Å². The van der Waals surface area contributed by atoms with Gasteiger partial charge in [0.15, 0.2) is 5.96 Å². The zero-order chi connectivity index (χ0) is 17.6. The van der Waals surface area contributed by atoms with Crippen LogP contribution in [0.1, 0.15) is 20.8 Å². The summed E-state index contributed by atoms with van der Waals surface area (Å²) in [5.41, 5.74) is 1.21. The number of hydrogen-bond donors (Lipinski definition) is 2. The Morgan fingerprint density at radius 2 is 1.71 bits per heavy atom. The third-order valence-corrected chi connectivity index (χ3v) is 4.05. The molecule has 0 bridgehead atoms. The summed E-state index contributed by atoms with van der Waals surface area (Å²) in [5, 5.41) is 6.88. The predicted octanol–water partition coefficient (Wildman–Crippen LogP) is 1.91. The molecule has 1 aliphatic rings. The number of nitrogens with one attached hydrogen (secondary N) is 2. The topological polar surface area (TPSA) is 42.9 Å². The van der Waals surface area contributed by atoms with Crippen LogP contribution in [-0.4, -0.2) is 62.7 Å². The van der Waals surface area contributed by atoms with Crippen molar-refractivity contribution in [1.82, 2.24) is 15.5 Å². The van der Waals surface area contributed by atoms with Crippen molar-refractivity contribution in [3.8, 4) is 0 Å². The summed E-state index contributed by atoms with van der Waals surface area (Å²) < 4.78 is 13.0. The number of benzene rings is 1. The maximum absolute atomic E-state index is 13.0. The van der Waals surface area contributed by atoms with Crippen LogP contribution in [0, 0.1) is 5.82 Å². The van der Waals surface area contributed by atoms with Crippen molar-refractivity contribution >= 4 is 11.6 Å². The van der Waals surface area contributed by atoms with Crippen molar-refractivity contribution in [2.24, 2.45) is 4.99 Å². The number of nitrogens with zero attached hydrogens (tertiary/aromatic N) is 3. The van der Waals surface area contributed by atoms with Crippen molar-refractivity contribution < 1.29 is 4.39 Å². The van der Waals surface area contributed by atoms with Crippen LogP contribution in [0.25, 0.3) is 0 Å². The Morgan fingerprint density at radius 1 is 1.08 bits per heavy atom. The van der Waals surface area contributed by atoms with Gasteiger partial charge < -0.3 is 20.4 Å². The average molecular weight is 335 g/mol. The Kier molecular flexibility index (Phi) is 6.43. The summed E-state index contributed by atoms with van der Waals surface area (Å²) in [6, 6.07) is 6.72. The van der Waals surface area contributed by atoms with Crippen molar-refractivity contribution in [3.63, 3.8) is 0 Å². The molecule has 5 nitrogen and oxygen atoms in total. The number of anilines is 1. The average Bonchev–Trinajstić information content (AvgIpc) is 2.55.